The highest BCUT2D eigenvalue weighted by Crippen LogP contribution is 2.30. The minimum Gasteiger partial charge on any atom is -0.304 e. The Bertz CT molecular complexity index is 554. The molecule has 0 saturated carbocycles. The normalized spacial score (nSPS) is 18.4. The zero-order valence-corrected chi connectivity index (χ0v) is 10.6. The maximum Gasteiger partial charge on any atom is 0.183 e. The van der Waals surface area contributed by atoms with E-state index in [2.05, 4.69) is 31.1 Å². The number of hydrogen-bond donors (Lipinski definition) is 0. The van der Waals surface area contributed by atoms with Gasteiger partial charge in [-0.05, 0) is 34.5 Å². The summed E-state index contributed by atoms with van der Waals surface area (Å²) in [4.78, 5) is 4.33. The van der Waals surface area contributed by atoms with Crippen molar-refractivity contribution in [2.24, 2.45) is 0 Å². The number of pyridine rings is 1. The standard InChI is InChI=1S/C11H10BrFN4/c12-9-3-1-2-8(14-9)11-16-15-10-5-4-7(6-13)17(10)11/h1-3,7H,4-6H2/t7-/m0/s1. The summed E-state index contributed by atoms with van der Waals surface area (Å²) >= 11 is 3.32. The van der Waals surface area contributed by atoms with Crippen LogP contribution in [0.4, 0.5) is 4.39 Å². The highest BCUT2D eigenvalue weighted by molar-refractivity contribution is 9.10. The van der Waals surface area contributed by atoms with Gasteiger partial charge in [-0.1, -0.05) is 6.07 Å². The lowest BCUT2D eigenvalue weighted by Gasteiger charge is -2.10. The van der Waals surface area contributed by atoms with Gasteiger partial charge < -0.3 is 4.57 Å². The number of nitrogens with zero attached hydrogens (tertiary/aromatic N) is 4. The second-order valence-electron chi connectivity index (χ2n) is 4.00. The van der Waals surface area contributed by atoms with E-state index in [-0.39, 0.29) is 12.7 Å². The van der Waals surface area contributed by atoms with E-state index < -0.39 is 0 Å². The fraction of sp³-hybridized carbons (Fsp3) is 0.364. The molecule has 4 nitrogen and oxygen atoms in total. The molecule has 3 rings (SSSR count). The molecule has 0 spiro atoms. The van der Waals surface area contributed by atoms with Crippen LogP contribution in [0.1, 0.15) is 18.3 Å². The molecule has 0 amide bonds. The number of aryl methyl sites for hydroxylation is 1. The first kappa shape index (κ1) is 10.8. The van der Waals surface area contributed by atoms with Gasteiger partial charge in [0.2, 0.25) is 0 Å². The zero-order chi connectivity index (χ0) is 11.8. The Morgan fingerprint density at radius 3 is 3.06 bits per heavy atom. The maximum atomic E-state index is 12.9. The fourth-order valence-corrected chi connectivity index (χ4v) is 2.50. The smallest absolute Gasteiger partial charge is 0.183 e. The van der Waals surface area contributed by atoms with Gasteiger partial charge in [0.1, 0.15) is 22.8 Å². The quantitative estimate of drug-likeness (QED) is 0.800. The first-order chi connectivity index (χ1) is 8.29. The number of rotatable bonds is 2. The lowest BCUT2D eigenvalue weighted by Crippen LogP contribution is -2.08. The van der Waals surface area contributed by atoms with Crippen LogP contribution in [0.25, 0.3) is 11.5 Å². The van der Waals surface area contributed by atoms with Crippen LogP contribution < -0.4 is 0 Å². The predicted octanol–water partition coefficient (Wildman–Crippen LogP) is 2.56. The van der Waals surface area contributed by atoms with E-state index in [4.69, 9.17) is 0 Å². The molecule has 0 N–H and O–H groups in total. The molecule has 0 aliphatic carbocycles. The van der Waals surface area contributed by atoms with Gasteiger partial charge in [-0.15, -0.1) is 10.2 Å². The van der Waals surface area contributed by atoms with Crippen molar-refractivity contribution in [1.29, 1.82) is 0 Å². The van der Waals surface area contributed by atoms with Crippen molar-refractivity contribution < 1.29 is 4.39 Å². The van der Waals surface area contributed by atoms with Crippen molar-refractivity contribution in [3.8, 4) is 11.5 Å². The van der Waals surface area contributed by atoms with Crippen molar-refractivity contribution in [2.75, 3.05) is 6.67 Å². The Labute approximate surface area is 106 Å². The highest BCUT2D eigenvalue weighted by atomic mass is 79.9. The number of fused-ring (bicyclic) bond motifs is 1. The first-order valence-corrected chi connectivity index (χ1v) is 6.21. The average molecular weight is 297 g/mol. The number of aromatic nitrogens is 4. The van der Waals surface area contributed by atoms with E-state index in [1.807, 2.05) is 22.8 Å². The molecular weight excluding hydrogens is 287 g/mol. The minimum atomic E-state index is -0.383. The monoisotopic (exact) mass is 296 g/mol. The molecule has 3 heterocycles. The zero-order valence-electron chi connectivity index (χ0n) is 8.98. The average Bonchev–Trinajstić information content (AvgIpc) is 2.89. The van der Waals surface area contributed by atoms with Crippen LogP contribution in [0.2, 0.25) is 0 Å². The van der Waals surface area contributed by atoms with Crippen LogP contribution in [0.3, 0.4) is 0 Å². The predicted molar refractivity (Wildman–Crippen MR) is 64.3 cm³/mol. The van der Waals surface area contributed by atoms with Gasteiger partial charge in [0, 0.05) is 6.42 Å². The van der Waals surface area contributed by atoms with Crippen molar-refractivity contribution in [3.05, 3.63) is 28.6 Å². The Morgan fingerprint density at radius 1 is 1.41 bits per heavy atom. The molecule has 2 aromatic rings. The van der Waals surface area contributed by atoms with E-state index in [0.29, 0.717) is 5.82 Å². The second kappa shape index (κ2) is 4.18. The Kier molecular flexibility index (Phi) is 2.66. The van der Waals surface area contributed by atoms with Crippen molar-refractivity contribution in [1.82, 2.24) is 19.7 Å². The molecule has 0 aromatic carbocycles. The van der Waals surface area contributed by atoms with Crippen LogP contribution >= 0.6 is 15.9 Å². The summed E-state index contributed by atoms with van der Waals surface area (Å²) in [5.41, 5.74) is 0.721. The molecule has 1 atom stereocenters. The van der Waals surface area contributed by atoms with E-state index in [9.17, 15) is 4.39 Å². The summed E-state index contributed by atoms with van der Waals surface area (Å²) in [5.74, 6) is 1.51. The molecule has 0 saturated heterocycles. The van der Waals surface area contributed by atoms with E-state index in [0.717, 1.165) is 29.0 Å². The van der Waals surface area contributed by atoms with Crippen LogP contribution in [0.5, 0.6) is 0 Å². The molecule has 1 aliphatic rings. The molecule has 1 aliphatic heterocycles. The Balaban J connectivity index is 2.11. The number of alkyl halides is 1. The van der Waals surface area contributed by atoms with Gasteiger partial charge in [-0.2, -0.15) is 0 Å². The molecule has 0 bridgehead atoms. The molecule has 6 heteroatoms. The van der Waals surface area contributed by atoms with Gasteiger partial charge in [-0.3, -0.25) is 0 Å². The number of hydrogen-bond acceptors (Lipinski definition) is 3. The van der Waals surface area contributed by atoms with Crippen molar-refractivity contribution >= 4 is 15.9 Å². The lowest BCUT2D eigenvalue weighted by molar-refractivity contribution is 0.368. The molecule has 17 heavy (non-hydrogen) atoms. The van der Waals surface area contributed by atoms with Crippen molar-refractivity contribution in [3.63, 3.8) is 0 Å². The van der Waals surface area contributed by atoms with Gasteiger partial charge >= 0.3 is 0 Å². The number of halogens is 2. The summed E-state index contributed by atoms with van der Waals surface area (Å²) < 4.78 is 15.5. The summed E-state index contributed by atoms with van der Waals surface area (Å²) in [6.45, 7) is -0.383. The minimum absolute atomic E-state index is 0.143. The highest BCUT2D eigenvalue weighted by Gasteiger charge is 2.27. The van der Waals surface area contributed by atoms with E-state index in [1.165, 1.54) is 0 Å². The molecular formula is C11H10BrFN4. The van der Waals surface area contributed by atoms with Crippen LogP contribution in [-0.2, 0) is 6.42 Å². The molecule has 88 valence electrons. The third kappa shape index (κ3) is 1.76. The molecule has 0 radical (unpaired) electrons. The molecule has 2 aromatic heterocycles. The molecule has 0 unspecified atom stereocenters. The van der Waals surface area contributed by atoms with Gasteiger partial charge in [0.15, 0.2) is 5.82 Å². The lowest BCUT2D eigenvalue weighted by atomic mass is 10.2. The van der Waals surface area contributed by atoms with Crippen LogP contribution in [-0.4, -0.2) is 26.4 Å². The van der Waals surface area contributed by atoms with E-state index in [1.54, 1.807) is 0 Å². The SMILES string of the molecule is FC[C@@H]1CCc2nnc(-c3cccc(Br)n3)n21. The summed E-state index contributed by atoms with van der Waals surface area (Å²) in [6.07, 6.45) is 1.58. The third-order valence-corrected chi connectivity index (χ3v) is 3.40. The largest absolute Gasteiger partial charge is 0.304 e. The van der Waals surface area contributed by atoms with Gasteiger partial charge in [0.05, 0.1) is 6.04 Å². The van der Waals surface area contributed by atoms with E-state index >= 15 is 0 Å². The van der Waals surface area contributed by atoms with Crippen molar-refractivity contribution in [2.45, 2.75) is 18.9 Å². The fourth-order valence-electron chi connectivity index (χ4n) is 2.16. The third-order valence-electron chi connectivity index (χ3n) is 2.96. The topological polar surface area (TPSA) is 43.6 Å². The molecule has 0 fully saturated rings. The Hall–Kier alpha value is -1.30. The van der Waals surface area contributed by atoms with Gasteiger partial charge in [0.25, 0.3) is 0 Å². The van der Waals surface area contributed by atoms with Crippen LogP contribution in [0, 0.1) is 0 Å². The summed E-state index contributed by atoms with van der Waals surface area (Å²) in [7, 11) is 0. The first-order valence-electron chi connectivity index (χ1n) is 5.42. The Morgan fingerprint density at radius 2 is 2.29 bits per heavy atom. The van der Waals surface area contributed by atoms with Gasteiger partial charge in [-0.25, -0.2) is 9.37 Å². The maximum absolute atomic E-state index is 12.9. The summed E-state index contributed by atoms with van der Waals surface area (Å²) in [6, 6.07) is 5.44. The van der Waals surface area contributed by atoms with Crippen LogP contribution in [0.15, 0.2) is 22.8 Å². The summed E-state index contributed by atoms with van der Waals surface area (Å²) in [5, 5.41) is 8.20. The second-order valence-corrected chi connectivity index (χ2v) is 4.81.